The molecule has 0 rings (SSSR count). The van der Waals surface area contributed by atoms with Crippen LogP contribution in [0.3, 0.4) is 0 Å². The second-order valence-electron chi connectivity index (χ2n) is 1.29. The molecule has 0 aromatic carbocycles. The highest BCUT2D eigenvalue weighted by atomic mass is 32.1. The van der Waals surface area contributed by atoms with Crippen molar-refractivity contribution in [1.82, 2.24) is 5.32 Å². The molecule has 0 amide bonds. The Balaban J connectivity index is 2.83. The lowest BCUT2D eigenvalue weighted by molar-refractivity contribution is 0.141. The molecular formula is C4H11NOS. The van der Waals surface area contributed by atoms with Crippen molar-refractivity contribution in [2.75, 3.05) is 5.88 Å². The standard InChI is InChI=1S/C4H11NOS/c1-2-4(6)5-3-7/h4-7H,2-3H2,1H3. The zero-order chi connectivity index (χ0) is 5.70. The molecule has 3 heteroatoms. The van der Waals surface area contributed by atoms with Crippen molar-refractivity contribution >= 4 is 12.6 Å². The van der Waals surface area contributed by atoms with Gasteiger partial charge in [0.05, 0.1) is 0 Å². The van der Waals surface area contributed by atoms with Gasteiger partial charge in [0.15, 0.2) is 0 Å². The minimum absolute atomic E-state index is 0.377. The first-order chi connectivity index (χ1) is 3.31. The van der Waals surface area contributed by atoms with Crippen molar-refractivity contribution in [2.45, 2.75) is 19.6 Å². The van der Waals surface area contributed by atoms with Crippen LogP contribution in [0.2, 0.25) is 0 Å². The van der Waals surface area contributed by atoms with Crippen molar-refractivity contribution < 1.29 is 5.11 Å². The highest BCUT2D eigenvalue weighted by Crippen LogP contribution is 1.81. The van der Waals surface area contributed by atoms with Gasteiger partial charge in [-0.2, -0.15) is 12.6 Å². The molecule has 0 radical (unpaired) electrons. The Bertz CT molecular complexity index is 42.7. The first-order valence-electron chi connectivity index (χ1n) is 2.33. The highest BCUT2D eigenvalue weighted by Gasteiger charge is 1.92. The number of aliphatic hydroxyl groups is 1. The molecule has 0 fully saturated rings. The molecule has 7 heavy (non-hydrogen) atoms. The predicted molar refractivity (Wildman–Crippen MR) is 33.3 cm³/mol. The average Bonchev–Trinajstić information content (AvgIpc) is 1.68. The van der Waals surface area contributed by atoms with Crippen LogP contribution in [-0.2, 0) is 0 Å². The molecule has 2 nitrogen and oxygen atoms in total. The Morgan fingerprint density at radius 2 is 2.43 bits per heavy atom. The number of nitrogens with one attached hydrogen (secondary N) is 1. The minimum atomic E-state index is -0.377. The van der Waals surface area contributed by atoms with Gasteiger partial charge in [-0.25, -0.2) is 0 Å². The molecule has 0 spiro atoms. The topological polar surface area (TPSA) is 32.3 Å². The molecule has 0 saturated heterocycles. The molecule has 0 bridgehead atoms. The molecule has 0 aliphatic rings. The van der Waals surface area contributed by atoms with Crippen molar-refractivity contribution in [3.63, 3.8) is 0 Å². The van der Waals surface area contributed by atoms with Crippen LogP contribution in [0.25, 0.3) is 0 Å². The molecule has 44 valence electrons. The molecular weight excluding hydrogens is 110 g/mol. The molecule has 2 N–H and O–H groups in total. The summed E-state index contributed by atoms with van der Waals surface area (Å²) >= 11 is 3.84. The van der Waals surface area contributed by atoms with E-state index in [-0.39, 0.29) is 6.23 Å². The summed E-state index contributed by atoms with van der Waals surface area (Å²) in [5.41, 5.74) is 0. The van der Waals surface area contributed by atoms with Crippen LogP contribution in [0.1, 0.15) is 13.3 Å². The third-order valence-corrected chi connectivity index (χ3v) is 0.896. The molecule has 0 aromatic rings. The Hall–Kier alpha value is 0.270. The van der Waals surface area contributed by atoms with Crippen molar-refractivity contribution in [3.05, 3.63) is 0 Å². The van der Waals surface area contributed by atoms with Crippen LogP contribution in [0, 0.1) is 0 Å². The second-order valence-corrected chi connectivity index (χ2v) is 1.60. The fraction of sp³-hybridized carbons (Fsp3) is 1.00. The fourth-order valence-corrected chi connectivity index (χ4v) is 0.460. The van der Waals surface area contributed by atoms with E-state index in [2.05, 4.69) is 17.9 Å². The van der Waals surface area contributed by atoms with Gasteiger partial charge in [0.1, 0.15) is 6.23 Å². The number of hydrogen-bond donors (Lipinski definition) is 3. The molecule has 1 atom stereocenters. The van der Waals surface area contributed by atoms with E-state index in [1.807, 2.05) is 6.92 Å². The number of aliphatic hydroxyl groups excluding tert-OH is 1. The van der Waals surface area contributed by atoms with Crippen LogP contribution >= 0.6 is 12.6 Å². The van der Waals surface area contributed by atoms with Gasteiger partial charge in [0, 0.05) is 5.88 Å². The molecule has 0 heterocycles. The Labute approximate surface area is 49.3 Å². The summed E-state index contributed by atoms with van der Waals surface area (Å²) in [5, 5.41) is 11.4. The summed E-state index contributed by atoms with van der Waals surface area (Å²) in [6, 6.07) is 0. The number of hydrogen-bond acceptors (Lipinski definition) is 3. The third-order valence-electron chi connectivity index (χ3n) is 0.714. The largest absolute Gasteiger partial charge is 0.379 e. The summed E-state index contributed by atoms with van der Waals surface area (Å²) in [5.74, 6) is 0.537. The molecule has 0 saturated carbocycles. The van der Waals surface area contributed by atoms with E-state index in [1.165, 1.54) is 0 Å². The first-order valence-corrected chi connectivity index (χ1v) is 2.96. The van der Waals surface area contributed by atoms with Crippen molar-refractivity contribution in [2.24, 2.45) is 0 Å². The van der Waals surface area contributed by atoms with Gasteiger partial charge in [-0.15, -0.1) is 0 Å². The lowest BCUT2D eigenvalue weighted by Crippen LogP contribution is -2.26. The maximum absolute atomic E-state index is 8.70. The molecule has 0 aliphatic heterocycles. The SMILES string of the molecule is CCC(O)NCS. The van der Waals surface area contributed by atoms with Gasteiger partial charge in [0.25, 0.3) is 0 Å². The predicted octanol–water partition coefficient (Wildman–Crippen LogP) is 0.192. The smallest absolute Gasteiger partial charge is 0.105 e. The zero-order valence-corrected chi connectivity index (χ0v) is 5.28. The first kappa shape index (κ1) is 7.27. The van der Waals surface area contributed by atoms with E-state index < -0.39 is 0 Å². The van der Waals surface area contributed by atoms with Crippen LogP contribution in [0.15, 0.2) is 0 Å². The van der Waals surface area contributed by atoms with Gasteiger partial charge in [-0.3, -0.25) is 5.32 Å². The summed E-state index contributed by atoms with van der Waals surface area (Å²) < 4.78 is 0. The normalized spacial score (nSPS) is 14.1. The fourth-order valence-electron chi connectivity index (χ4n) is 0.250. The molecule has 1 unspecified atom stereocenters. The number of thiol groups is 1. The Kier molecular flexibility index (Phi) is 4.60. The van der Waals surface area contributed by atoms with Gasteiger partial charge in [0.2, 0.25) is 0 Å². The van der Waals surface area contributed by atoms with E-state index in [0.29, 0.717) is 5.88 Å². The quantitative estimate of drug-likeness (QED) is 0.368. The Morgan fingerprint density at radius 1 is 1.86 bits per heavy atom. The summed E-state index contributed by atoms with van der Waals surface area (Å²) in [7, 11) is 0. The van der Waals surface area contributed by atoms with Crippen LogP contribution < -0.4 is 5.32 Å². The van der Waals surface area contributed by atoms with Gasteiger partial charge in [-0.1, -0.05) is 6.92 Å². The van der Waals surface area contributed by atoms with Gasteiger partial charge < -0.3 is 5.11 Å². The van der Waals surface area contributed by atoms with Gasteiger partial charge in [-0.05, 0) is 6.42 Å². The monoisotopic (exact) mass is 121 g/mol. The molecule has 0 aliphatic carbocycles. The van der Waals surface area contributed by atoms with E-state index in [4.69, 9.17) is 5.11 Å². The maximum Gasteiger partial charge on any atom is 0.105 e. The van der Waals surface area contributed by atoms with Crippen LogP contribution in [0.4, 0.5) is 0 Å². The number of rotatable bonds is 3. The summed E-state index contributed by atoms with van der Waals surface area (Å²) in [4.78, 5) is 0. The highest BCUT2D eigenvalue weighted by molar-refractivity contribution is 7.80. The van der Waals surface area contributed by atoms with E-state index in [0.717, 1.165) is 6.42 Å². The van der Waals surface area contributed by atoms with Crippen LogP contribution in [0.5, 0.6) is 0 Å². The average molecular weight is 121 g/mol. The van der Waals surface area contributed by atoms with Gasteiger partial charge >= 0.3 is 0 Å². The lowest BCUT2D eigenvalue weighted by Gasteiger charge is -2.04. The third kappa shape index (κ3) is 4.12. The van der Waals surface area contributed by atoms with E-state index in [1.54, 1.807) is 0 Å². The van der Waals surface area contributed by atoms with Crippen LogP contribution in [-0.4, -0.2) is 17.2 Å². The lowest BCUT2D eigenvalue weighted by atomic mass is 10.4. The summed E-state index contributed by atoms with van der Waals surface area (Å²) in [6.07, 6.45) is 0.359. The maximum atomic E-state index is 8.70. The van der Waals surface area contributed by atoms with E-state index in [9.17, 15) is 0 Å². The zero-order valence-electron chi connectivity index (χ0n) is 4.39. The Morgan fingerprint density at radius 3 is 2.57 bits per heavy atom. The second kappa shape index (κ2) is 4.43. The molecule has 0 aromatic heterocycles. The van der Waals surface area contributed by atoms with Crippen molar-refractivity contribution in [1.29, 1.82) is 0 Å². The minimum Gasteiger partial charge on any atom is -0.379 e. The summed E-state index contributed by atoms with van der Waals surface area (Å²) in [6.45, 7) is 1.90. The van der Waals surface area contributed by atoms with Crippen molar-refractivity contribution in [3.8, 4) is 0 Å². The van der Waals surface area contributed by atoms with E-state index >= 15 is 0 Å².